The van der Waals surface area contributed by atoms with Gasteiger partial charge in [-0.2, -0.15) is 22.2 Å². The molecular weight excluding hydrogens is 1220 g/mol. The van der Waals surface area contributed by atoms with Gasteiger partial charge in [-0.15, -0.1) is 173 Å². The number of hydrogen-bond donors (Lipinski definition) is 0. The van der Waals surface area contributed by atoms with Crippen LogP contribution >= 0.6 is 188 Å². The summed E-state index contributed by atoms with van der Waals surface area (Å²) in [4.78, 5) is 0. The van der Waals surface area contributed by atoms with Gasteiger partial charge in [0.05, 0.1) is 0 Å². The average molecular weight is 1290 g/mol. The van der Waals surface area contributed by atoms with Crippen molar-refractivity contribution in [3.05, 3.63) is 12.7 Å². The Morgan fingerprint density at radius 1 is 0.417 bits per heavy atom. The van der Waals surface area contributed by atoms with E-state index in [0.717, 1.165) is 38.1 Å². The molecule has 0 aliphatic rings. The van der Waals surface area contributed by atoms with Crippen molar-refractivity contribution in [2.45, 2.75) is 224 Å². The van der Waals surface area contributed by atoms with E-state index in [4.69, 9.17) is 188 Å². The van der Waals surface area contributed by atoms with Gasteiger partial charge in [0.15, 0.2) is 0 Å². The van der Waals surface area contributed by atoms with E-state index in [1.807, 2.05) is 6.08 Å². The van der Waals surface area contributed by atoms with Crippen LogP contribution in [0.15, 0.2) is 12.7 Å². The molecule has 368 valence electrons. The summed E-state index contributed by atoms with van der Waals surface area (Å²) < 4.78 is 0. The Hall–Kier alpha value is 5.97. The highest BCUT2D eigenvalue weighted by Crippen LogP contribution is 2.46. The minimum atomic E-state index is -2.77. The number of rotatable bonds is 33. The Labute approximate surface area is 457 Å². The maximum atomic E-state index is 6.06. The van der Waals surface area contributed by atoms with Gasteiger partial charge in [0.1, 0.15) is 0 Å². The van der Waals surface area contributed by atoms with E-state index in [1.165, 1.54) is 135 Å². The van der Waals surface area contributed by atoms with Gasteiger partial charge in [-0.05, 0) is 48.5 Å². The lowest BCUT2D eigenvalue weighted by Crippen LogP contribution is -2.25. The molecule has 0 aliphatic carbocycles. The summed E-state index contributed by atoms with van der Waals surface area (Å²) in [6, 6.07) is -8.45. The highest BCUT2D eigenvalue weighted by atomic mass is 35.9. The van der Waals surface area contributed by atoms with Gasteiger partial charge in [0.25, 0.3) is 0 Å². The molecule has 0 fully saturated rings. The Bertz CT molecular complexity index is 858. The smallest absolute Gasteiger partial charge is 0.150 e. The Kier molecular flexibility index (Phi) is 64.1. The predicted octanol–water partition coefficient (Wildman–Crippen LogP) is 23.8. The molecule has 2 unspecified atom stereocenters. The lowest BCUT2D eigenvalue weighted by atomic mass is 10.1. The van der Waals surface area contributed by atoms with Crippen LogP contribution in [-0.2, 0) is 0 Å². The van der Waals surface area contributed by atoms with Gasteiger partial charge in [-0.25, -0.2) is 0 Å². The molecule has 0 nitrogen and oxygen atoms in total. The first-order valence-electron chi connectivity index (χ1n) is 21.8. The van der Waals surface area contributed by atoms with Crippen molar-refractivity contribution in [2.75, 3.05) is 0 Å². The van der Waals surface area contributed by atoms with Crippen molar-refractivity contribution in [3.63, 3.8) is 0 Å². The quantitative estimate of drug-likeness (QED) is 0.0266. The zero-order valence-electron chi connectivity index (χ0n) is 36.5. The predicted molar refractivity (Wildman–Crippen MR) is 312 cm³/mol. The molecule has 0 N–H and O–H groups in total. The molecule has 0 rings (SSSR count). The molecule has 0 saturated heterocycles. The largest absolute Gasteiger partial charge is 0.344 e. The van der Waals surface area contributed by atoms with Crippen molar-refractivity contribution in [3.8, 4) is 0 Å². The average Bonchev–Trinajstić information content (AvgIpc) is 3.10. The Morgan fingerprint density at radius 2 is 0.733 bits per heavy atom. The summed E-state index contributed by atoms with van der Waals surface area (Å²) in [6.07, 6.45) is 34.6. The minimum absolute atomic E-state index is 0.0201. The third kappa shape index (κ3) is 78.2. The third-order valence-electron chi connectivity index (χ3n) is 8.95. The number of halogens is 17. The van der Waals surface area contributed by atoms with Crippen molar-refractivity contribution in [1.29, 1.82) is 0 Å². The fourth-order valence-corrected chi connectivity index (χ4v) is 25.1. The van der Waals surface area contributed by atoms with Crippen LogP contribution in [0.3, 0.4) is 0 Å². The van der Waals surface area contributed by atoms with Crippen LogP contribution in [0.1, 0.15) is 195 Å². The number of allylic oxidation sites excluding steroid dienone is 1. The molecule has 0 saturated carbocycles. The summed E-state index contributed by atoms with van der Waals surface area (Å²) in [5.74, 6) is 0. The van der Waals surface area contributed by atoms with Crippen molar-refractivity contribution < 1.29 is 0 Å². The van der Waals surface area contributed by atoms with E-state index in [0.29, 0.717) is 12.1 Å². The number of hydrogen-bond acceptors (Lipinski definition) is 0. The van der Waals surface area contributed by atoms with Crippen molar-refractivity contribution in [1.82, 2.24) is 0 Å². The fraction of sp³-hybridized carbons (Fsp3) is 0.946. The molecule has 2 atom stereocenters. The van der Waals surface area contributed by atoms with Gasteiger partial charge >= 0.3 is 30.7 Å². The lowest BCUT2D eigenvalue weighted by molar-refractivity contribution is 0.599. The monoisotopic (exact) mass is 1280 g/mol. The van der Waals surface area contributed by atoms with E-state index in [1.54, 1.807) is 0 Å². The summed E-state index contributed by atoms with van der Waals surface area (Å²) in [5.41, 5.74) is 0.248. The van der Waals surface area contributed by atoms with E-state index >= 15 is 0 Å². The van der Waals surface area contributed by atoms with E-state index in [9.17, 15) is 0 Å². The molecule has 60 heavy (non-hydrogen) atoms. The molecule has 23 heteroatoms. The third-order valence-corrected chi connectivity index (χ3v) is 24.8. The highest BCUT2D eigenvalue weighted by molar-refractivity contribution is 7.68. The summed E-state index contributed by atoms with van der Waals surface area (Å²) in [6.45, 7) is 10.8. The first kappa shape index (κ1) is 74.9. The molecule has 0 bridgehead atoms. The van der Waals surface area contributed by atoms with Gasteiger partial charge < -0.3 is 0 Å². The van der Waals surface area contributed by atoms with Crippen LogP contribution in [-0.4, -0.2) is 38.2 Å². The van der Waals surface area contributed by atoms with Crippen LogP contribution in [0.2, 0.25) is 29.2 Å². The van der Waals surface area contributed by atoms with Gasteiger partial charge in [0.2, 0.25) is 7.42 Å². The van der Waals surface area contributed by atoms with Crippen LogP contribution < -0.4 is 0 Å². The SMILES string of the molecule is C=CCCCCCCCC.CCCCCCCC(C[Si](Cl)(Cl)Cl)[SiH](Cl)Cl.CCCCCCCC(C[Si](Cl)(Cl)Cl)[Si](Cl)(Cl)Cl.CCCCCCCCC[Si](Cl)(Cl)Cl.Cl[SiH](Cl)Cl. The van der Waals surface area contributed by atoms with Gasteiger partial charge in [-0.1, -0.05) is 181 Å². The molecule has 0 amide bonds. The standard InChI is InChI=1S/C10H20.C9H18Cl6Si2.C9H19Cl5Si2.C9H19Cl3Si.Cl3HSi/c1-3-5-7-9-10-8-6-4-2;1-2-3-4-5-6-7-9(17(13,14)15)8-16(10,11)12;1-2-3-4-5-6-7-9(15(10)11)8-16(12,13)14;1-2-3-4-5-6-7-8-9-13(10,11)12;1-4(2)3/h3H,1,4-10H2,2H3;9H,2-8H2,1H3;9,15H,2-8H2,1H3;2-9H2,1H3;4H. The molecular formula is C37H77Cl17Si6. The van der Waals surface area contributed by atoms with Crippen LogP contribution in [0, 0.1) is 0 Å². The Morgan fingerprint density at radius 3 is 1.03 bits per heavy atom. The second-order valence-electron chi connectivity index (χ2n) is 15.0. The van der Waals surface area contributed by atoms with Crippen LogP contribution in [0.25, 0.3) is 0 Å². The zero-order valence-corrected chi connectivity index (χ0v) is 55.7. The molecule has 0 spiro atoms. The minimum Gasteiger partial charge on any atom is -0.150 e. The highest BCUT2D eigenvalue weighted by Gasteiger charge is 2.42. The summed E-state index contributed by atoms with van der Waals surface area (Å²) in [7, 11) is -1.72. The zero-order chi connectivity index (χ0) is 47.5. The second-order valence-corrected chi connectivity index (χ2v) is 63.2. The first-order valence-corrected chi connectivity index (χ1v) is 52.1. The van der Waals surface area contributed by atoms with Gasteiger partial charge in [0, 0.05) is 0 Å². The Balaban J connectivity index is -0.000000220. The molecule has 0 aliphatic heterocycles. The topological polar surface area (TPSA) is 0 Å². The second kappa shape index (κ2) is 51.3. The van der Waals surface area contributed by atoms with Crippen molar-refractivity contribution >= 4 is 226 Å². The molecule has 0 aromatic rings. The van der Waals surface area contributed by atoms with Crippen LogP contribution in [0.4, 0.5) is 0 Å². The molecule has 0 aromatic heterocycles. The first-order chi connectivity index (χ1) is 27.7. The summed E-state index contributed by atoms with van der Waals surface area (Å²) >= 11 is 97.9. The fourth-order valence-electron chi connectivity index (χ4n) is 5.63. The molecule has 0 aromatic carbocycles. The normalized spacial score (nSPS) is 12.9. The maximum Gasteiger partial charge on any atom is 0.344 e. The van der Waals surface area contributed by atoms with Crippen LogP contribution in [0.5, 0.6) is 0 Å². The van der Waals surface area contributed by atoms with Gasteiger partial charge in [-0.3, -0.25) is 0 Å². The number of unbranched alkanes of at least 4 members (excludes halogenated alkanes) is 20. The maximum absolute atomic E-state index is 6.06. The van der Waals surface area contributed by atoms with E-state index in [2.05, 4.69) is 34.3 Å². The van der Waals surface area contributed by atoms with E-state index < -0.39 is 38.2 Å². The summed E-state index contributed by atoms with van der Waals surface area (Å²) in [5, 5.41) is 0. The van der Waals surface area contributed by atoms with E-state index in [-0.39, 0.29) is 11.1 Å². The molecule has 0 heterocycles. The lowest BCUT2D eigenvalue weighted by Gasteiger charge is -2.24. The van der Waals surface area contributed by atoms with Crippen molar-refractivity contribution in [2.24, 2.45) is 0 Å². The molecule has 0 radical (unpaired) electrons.